The average molecular weight is 281 g/mol. The molecule has 2 unspecified atom stereocenters. The summed E-state index contributed by atoms with van der Waals surface area (Å²) in [7, 11) is -1.73. The molecule has 0 aromatic heterocycles. The molecule has 17 heavy (non-hydrogen) atoms. The van der Waals surface area contributed by atoms with Gasteiger partial charge in [0.1, 0.15) is 0 Å². The highest BCUT2D eigenvalue weighted by molar-refractivity contribution is 7.99. The molecule has 5 nitrogen and oxygen atoms in total. The van der Waals surface area contributed by atoms with Crippen molar-refractivity contribution < 1.29 is 8.42 Å². The Hall–Kier alpha value is 0.180. The molecule has 1 rings (SSSR count). The van der Waals surface area contributed by atoms with E-state index in [1.807, 2.05) is 11.8 Å². The maximum absolute atomic E-state index is 12.0. The van der Waals surface area contributed by atoms with Gasteiger partial charge < -0.3 is 5.73 Å². The lowest BCUT2D eigenvalue weighted by Gasteiger charge is -2.20. The minimum absolute atomic E-state index is 0.0952. The Morgan fingerprint density at radius 1 is 1.47 bits per heavy atom. The van der Waals surface area contributed by atoms with Crippen LogP contribution < -0.4 is 10.5 Å². The Morgan fingerprint density at radius 2 is 2.18 bits per heavy atom. The zero-order chi connectivity index (χ0) is 12.9. The average Bonchev–Trinajstić information content (AvgIpc) is 2.72. The molecule has 102 valence electrons. The minimum atomic E-state index is -3.33. The summed E-state index contributed by atoms with van der Waals surface area (Å²) in [6.45, 7) is 0.988. The summed E-state index contributed by atoms with van der Waals surface area (Å²) in [6.07, 6.45) is 5.74. The van der Waals surface area contributed by atoms with E-state index in [9.17, 15) is 8.42 Å². The lowest BCUT2D eigenvalue weighted by Crippen LogP contribution is -2.43. The number of hydrogen-bond donors (Lipinski definition) is 2. The molecular formula is C10H23N3O2S2. The molecule has 0 spiro atoms. The summed E-state index contributed by atoms with van der Waals surface area (Å²) in [5.74, 6) is 0. The molecule has 0 aromatic rings. The SMILES string of the molecule is CSC1CCC(NS(=O)(=O)N(C)CCCN)C1. The third-order valence-corrected chi connectivity index (χ3v) is 5.85. The fraction of sp³-hybridized carbons (Fsp3) is 1.00. The van der Waals surface area contributed by atoms with Crippen molar-refractivity contribution >= 4 is 22.0 Å². The highest BCUT2D eigenvalue weighted by atomic mass is 32.2. The predicted octanol–water partition coefficient (Wildman–Crippen LogP) is 0.386. The molecule has 1 aliphatic carbocycles. The summed E-state index contributed by atoms with van der Waals surface area (Å²) in [5.41, 5.74) is 5.38. The summed E-state index contributed by atoms with van der Waals surface area (Å²) >= 11 is 1.82. The van der Waals surface area contributed by atoms with E-state index < -0.39 is 10.2 Å². The van der Waals surface area contributed by atoms with Crippen LogP contribution in [0.1, 0.15) is 25.7 Å². The molecule has 0 heterocycles. The fourth-order valence-corrected chi connectivity index (χ4v) is 3.98. The van der Waals surface area contributed by atoms with Crippen molar-refractivity contribution in [2.45, 2.75) is 37.0 Å². The van der Waals surface area contributed by atoms with Gasteiger partial charge in [-0.05, 0) is 38.5 Å². The van der Waals surface area contributed by atoms with E-state index in [2.05, 4.69) is 11.0 Å². The first-order chi connectivity index (χ1) is 7.99. The number of rotatable bonds is 7. The van der Waals surface area contributed by atoms with Crippen LogP contribution >= 0.6 is 11.8 Å². The second-order valence-corrected chi connectivity index (χ2v) is 7.40. The van der Waals surface area contributed by atoms with Crippen molar-refractivity contribution in [3.05, 3.63) is 0 Å². The van der Waals surface area contributed by atoms with E-state index in [-0.39, 0.29) is 6.04 Å². The van der Waals surface area contributed by atoms with Crippen LogP contribution in [0.3, 0.4) is 0 Å². The van der Waals surface area contributed by atoms with Crippen LogP contribution in [0, 0.1) is 0 Å². The standard InChI is InChI=1S/C10H23N3O2S2/c1-13(7-3-6-11)17(14,15)12-9-4-5-10(8-9)16-2/h9-10,12H,3-8,11H2,1-2H3. The molecule has 1 aliphatic rings. The van der Waals surface area contributed by atoms with Gasteiger partial charge in [-0.2, -0.15) is 29.2 Å². The Morgan fingerprint density at radius 3 is 2.71 bits per heavy atom. The highest BCUT2D eigenvalue weighted by Crippen LogP contribution is 2.28. The predicted molar refractivity (Wildman–Crippen MR) is 73.3 cm³/mol. The van der Waals surface area contributed by atoms with Crippen molar-refractivity contribution in [1.82, 2.24) is 9.03 Å². The van der Waals surface area contributed by atoms with Crippen LogP contribution in [0.4, 0.5) is 0 Å². The Balaban J connectivity index is 2.44. The van der Waals surface area contributed by atoms with Crippen molar-refractivity contribution in [3.63, 3.8) is 0 Å². The fourth-order valence-electron chi connectivity index (χ4n) is 2.00. The normalized spacial score (nSPS) is 25.6. The smallest absolute Gasteiger partial charge is 0.279 e. The summed E-state index contributed by atoms with van der Waals surface area (Å²) < 4.78 is 28.0. The van der Waals surface area contributed by atoms with Crippen LogP contribution in [0.5, 0.6) is 0 Å². The molecule has 3 N–H and O–H groups in total. The van der Waals surface area contributed by atoms with E-state index in [4.69, 9.17) is 5.73 Å². The molecular weight excluding hydrogens is 258 g/mol. The highest BCUT2D eigenvalue weighted by Gasteiger charge is 2.28. The van der Waals surface area contributed by atoms with Crippen LogP contribution in [-0.4, -0.2) is 50.4 Å². The van der Waals surface area contributed by atoms with Gasteiger partial charge in [0.05, 0.1) is 0 Å². The van der Waals surface area contributed by atoms with Crippen LogP contribution in [0.25, 0.3) is 0 Å². The van der Waals surface area contributed by atoms with E-state index in [0.717, 1.165) is 19.3 Å². The van der Waals surface area contributed by atoms with Gasteiger partial charge >= 0.3 is 0 Å². The number of nitrogens with zero attached hydrogens (tertiary/aromatic N) is 1. The van der Waals surface area contributed by atoms with Gasteiger partial charge in [-0.15, -0.1) is 0 Å². The number of hydrogen-bond acceptors (Lipinski definition) is 4. The monoisotopic (exact) mass is 281 g/mol. The Labute approximate surface area is 109 Å². The van der Waals surface area contributed by atoms with Crippen molar-refractivity contribution in [2.24, 2.45) is 5.73 Å². The van der Waals surface area contributed by atoms with Gasteiger partial charge in [0, 0.05) is 24.9 Å². The van der Waals surface area contributed by atoms with Gasteiger partial charge in [0.25, 0.3) is 10.2 Å². The van der Waals surface area contributed by atoms with Gasteiger partial charge in [-0.1, -0.05) is 0 Å². The Kier molecular flexibility index (Phi) is 6.22. The van der Waals surface area contributed by atoms with Gasteiger partial charge in [-0.25, -0.2) is 0 Å². The summed E-state index contributed by atoms with van der Waals surface area (Å²) in [5, 5.41) is 0.594. The maximum atomic E-state index is 12.0. The molecule has 1 fully saturated rings. The van der Waals surface area contributed by atoms with E-state index in [0.29, 0.717) is 24.8 Å². The van der Waals surface area contributed by atoms with Gasteiger partial charge in [-0.3, -0.25) is 0 Å². The van der Waals surface area contributed by atoms with Gasteiger partial charge in [0.15, 0.2) is 0 Å². The zero-order valence-corrected chi connectivity index (χ0v) is 12.2. The number of nitrogens with two attached hydrogens (primary N) is 1. The van der Waals surface area contributed by atoms with Crippen molar-refractivity contribution in [2.75, 3.05) is 26.4 Å². The molecule has 2 atom stereocenters. The molecule has 0 saturated heterocycles. The van der Waals surface area contributed by atoms with Crippen molar-refractivity contribution in [1.29, 1.82) is 0 Å². The first-order valence-corrected chi connectivity index (χ1v) is 8.69. The van der Waals surface area contributed by atoms with Crippen molar-refractivity contribution in [3.8, 4) is 0 Å². The lowest BCUT2D eigenvalue weighted by atomic mass is 10.3. The minimum Gasteiger partial charge on any atom is -0.330 e. The molecule has 0 bridgehead atoms. The van der Waals surface area contributed by atoms with E-state index in [1.165, 1.54) is 4.31 Å². The first-order valence-electron chi connectivity index (χ1n) is 5.96. The van der Waals surface area contributed by atoms with Gasteiger partial charge in [0.2, 0.25) is 0 Å². The molecule has 0 radical (unpaired) electrons. The summed E-state index contributed by atoms with van der Waals surface area (Å²) in [4.78, 5) is 0. The first kappa shape index (κ1) is 15.2. The Bertz CT molecular complexity index is 322. The molecule has 0 aliphatic heterocycles. The second-order valence-electron chi connectivity index (χ2n) is 4.45. The van der Waals surface area contributed by atoms with Crippen LogP contribution in [-0.2, 0) is 10.2 Å². The quantitative estimate of drug-likeness (QED) is 0.708. The number of nitrogens with one attached hydrogen (secondary N) is 1. The zero-order valence-electron chi connectivity index (χ0n) is 10.6. The van der Waals surface area contributed by atoms with Crippen LogP contribution in [0.2, 0.25) is 0 Å². The molecule has 1 saturated carbocycles. The van der Waals surface area contributed by atoms with E-state index >= 15 is 0 Å². The largest absolute Gasteiger partial charge is 0.330 e. The van der Waals surface area contributed by atoms with E-state index in [1.54, 1.807) is 7.05 Å². The maximum Gasteiger partial charge on any atom is 0.279 e. The van der Waals surface area contributed by atoms with Crippen LogP contribution in [0.15, 0.2) is 0 Å². The molecule has 0 amide bonds. The summed E-state index contributed by atoms with van der Waals surface area (Å²) in [6, 6.07) is 0.0952. The third kappa shape index (κ3) is 4.75. The molecule has 7 heteroatoms. The molecule has 0 aromatic carbocycles. The topological polar surface area (TPSA) is 75.4 Å². The second kappa shape index (κ2) is 6.94. The lowest BCUT2D eigenvalue weighted by molar-refractivity contribution is 0.442. The third-order valence-electron chi connectivity index (χ3n) is 3.12. The number of thioether (sulfide) groups is 1.